The topological polar surface area (TPSA) is 130 Å². The molecular weight excluding hydrogens is 666 g/mol. The highest BCUT2D eigenvalue weighted by Crippen LogP contribution is 2.44. The van der Waals surface area contributed by atoms with Gasteiger partial charge in [0.25, 0.3) is 0 Å². The van der Waals surface area contributed by atoms with Gasteiger partial charge in [-0.25, -0.2) is 18.0 Å². The van der Waals surface area contributed by atoms with Crippen molar-refractivity contribution >= 4 is 72.2 Å². The Labute approximate surface area is 238 Å². The molecule has 0 unspecified atom stereocenters. The van der Waals surface area contributed by atoms with Gasteiger partial charge in [0.05, 0.1) is 30.0 Å². The number of rotatable bonds is 8. The van der Waals surface area contributed by atoms with Crippen LogP contribution in [0.25, 0.3) is 0 Å². The molecule has 2 N–H and O–H groups in total. The van der Waals surface area contributed by atoms with E-state index in [4.69, 9.17) is 42.6 Å². The van der Waals surface area contributed by atoms with E-state index in [1.165, 1.54) is 18.2 Å². The second kappa shape index (κ2) is 14.1. The highest BCUT2D eigenvalue weighted by molar-refractivity contribution is 9.10. The van der Waals surface area contributed by atoms with Crippen LogP contribution < -0.4 is 0 Å². The summed E-state index contributed by atoms with van der Waals surface area (Å²) in [5.41, 5.74) is 0.275. The molecule has 0 aliphatic carbocycles. The van der Waals surface area contributed by atoms with Crippen LogP contribution in [0, 0.1) is 0 Å². The highest BCUT2D eigenvalue weighted by atomic mass is 79.9. The van der Waals surface area contributed by atoms with Crippen LogP contribution in [0.4, 0.5) is 13.2 Å². The number of carboxylic acid groups (broad SMARTS) is 1. The van der Waals surface area contributed by atoms with Gasteiger partial charge >= 0.3 is 18.1 Å². The second-order valence-corrected chi connectivity index (χ2v) is 12.6. The number of phenols is 1. The minimum atomic E-state index is -5.08. The fraction of sp³-hybridized carbons (Fsp3) is 0.429. The highest BCUT2D eigenvalue weighted by Gasteiger charge is 2.38. The molecule has 2 heterocycles. The summed E-state index contributed by atoms with van der Waals surface area (Å²) in [6, 6.07) is 4.04. The minimum absolute atomic E-state index is 0.0229. The summed E-state index contributed by atoms with van der Waals surface area (Å²) >= 11 is 16.0. The van der Waals surface area contributed by atoms with Crippen molar-refractivity contribution in [2.24, 2.45) is 0 Å². The number of carbonyl (C=O) groups is 2. The smallest absolute Gasteiger partial charge is 0.490 e. The zero-order chi connectivity index (χ0) is 28.7. The van der Waals surface area contributed by atoms with Crippen LogP contribution in [0.2, 0.25) is 8.67 Å². The number of phenolic OH excluding ortho intramolecular Hbond substituents is 1. The number of benzene rings is 1. The molecule has 1 aromatic carbocycles. The van der Waals surface area contributed by atoms with E-state index in [9.17, 15) is 31.5 Å². The van der Waals surface area contributed by atoms with E-state index in [0.717, 1.165) is 31.0 Å². The fourth-order valence-corrected chi connectivity index (χ4v) is 8.19. The summed E-state index contributed by atoms with van der Waals surface area (Å²) in [6.07, 6.45) is -4.42. The van der Waals surface area contributed by atoms with E-state index >= 15 is 0 Å². The molecule has 17 heteroatoms. The summed E-state index contributed by atoms with van der Waals surface area (Å²) < 4.78 is 68.2. The number of hydrogen-bond acceptors (Lipinski definition) is 9. The molecule has 1 aromatic heterocycles. The average molecular weight is 687 g/mol. The van der Waals surface area contributed by atoms with Gasteiger partial charge in [0, 0.05) is 19.6 Å². The van der Waals surface area contributed by atoms with Crippen molar-refractivity contribution < 1.29 is 50.9 Å². The monoisotopic (exact) mass is 685 g/mol. The lowest BCUT2D eigenvalue weighted by molar-refractivity contribution is -0.192. The van der Waals surface area contributed by atoms with Crippen LogP contribution in [-0.4, -0.2) is 81.1 Å². The number of alkyl halides is 3. The summed E-state index contributed by atoms with van der Waals surface area (Å²) in [4.78, 5) is 23.3. The van der Waals surface area contributed by atoms with Crippen LogP contribution in [0.1, 0.15) is 22.3 Å². The first-order valence-corrected chi connectivity index (χ1v) is 14.6. The molecule has 1 aliphatic rings. The molecule has 0 amide bonds. The third kappa shape index (κ3) is 9.54. The molecule has 2 aromatic rings. The Morgan fingerprint density at radius 3 is 2.29 bits per heavy atom. The van der Waals surface area contributed by atoms with Gasteiger partial charge in [0.15, 0.2) is 9.84 Å². The molecule has 1 saturated heterocycles. The Morgan fingerprint density at radius 1 is 1.18 bits per heavy atom. The molecule has 1 aliphatic heterocycles. The summed E-state index contributed by atoms with van der Waals surface area (Å²) in [5, 5.41) is 17.4. The van der Waals surface area contributed by atoms with Crippen LogP contribution in [-0.2, 0) is 29.9 Å². The van der Waals surface area contributed by atoms with E-state index in [0.29, 0.717) is 25.2 Å². The maximum Gasteiger partial charge on any atom is 0.490 e. The van der Waals surface area contributed by atoms with E-state index in [1.54, 1.807) is 0 Å². The van der Waals surface area contributed by atoms with E-state index < -0.39 is 33.7 Å². The zero-order valence-electron chi connectivity index (χ0n) is 19.3. The maximum absolute atomic E-state index is 12.7. The fourth-order valence-electron chi connectivity index (χ4n) is 3.09. The Morgan fingerprint density at radius 2 is 1.79 bits per heavy atom. The molecule has 3 rings (SSSR count). The van der Waals surface area contributed by atoms with Crippen molar-refractivity contribution in [2.75, 3.05) is 39.5 Å². The number of aromatic hydroxyl groups is 1. The number of morpholine rings is 1. The molecule has 212 valence electrons. The van der Waals surface area contributed by atoms with Crippen molar-refractivity contribution in [1.29, 1.82) is 0 Å². The van der Waals surface area contributed by atoms with Crippen LogP contribution >= 0.6 is 50.5 Å². The number of carboxylic acids is 1. The van der Waals surface area contributed by atoms with Crippen LogP contribution in [0.15, 0.2) is 27.6 Å². The lowest BCUT2D eigenvalue weighted by Crippen LogP contribution is -2.37. The van der Waals surface area contributed by atoms with Crippen molar-refractivity contribution in [3.8, 4) is 5.75 Å². The third-order valence-corrected chi connectivity index (χ3v) is 10.0. The minimum Gasteiger partial charge on any atom is -0.507 e. The molecule has 38 heavy (non-hydrogen) atoms. The van der Waals surface area contributed by atoms with Crippen molar-refractivity contribution in [3.63, 3.8) is 0 Å². The third-order valence-electron chi connectivity index (χ3n) is 4.88. The predicted octanol–water partition coefficient (Wildman–Crippen LogP) is 5.01. The number of nitrogens with zero attached hydrogens (tertiary/aromatic N) is 1. The molecule has 0 bridgehead atoms. The van der Waals surface area contributed by atoms with Gasteiger partial charge < -0.3 is 19.7 Å². The van der Waals surface area contributed by atoms with Crippen LogP contribution in [0.5, 0.6) is 5.75 Å². The van der Waals surface area contributed by atoms with E-state index in [-0.39, 0.29) is 36.0 Å². The number of aliphatic carboxylic acids is 1. The number of hydrogen-bond donors (Lipinski definition) is 2. The largest absolute Gasteiger partial charge is 0.507 e. The number of sulfone groups is 1. The van der Waals surface area contributed by atoms with Crippen molar-refractivity contribution in [2.45, 2.75) is 23.2 Å². The SMILES string of the molecule is O=C(O)C(F)(F)F.O=C(OCCCN1CCOCC1)c1ccc(CS(=O)(=O)c2c(Cl)sc(Cl)c2Br)cc1O. The van der Waals surface area contributed by atoms with Gasteiger partial charge in [0.1, 0.15) is 24.9 Å². The predicted molar refractivity (Wildman–Crippen MR) is 137 cm³/mol. The van der Waals surface area contributed by atoms with Gasteiger partial charge in [0.2, 0.25) is 0 Å². The molecule has 0 atom stereocenters. The van der Waals surface area contributed by atoms with Gasteiger partial charge in [-0.2, -0.15) is 13.2 Å². The second-order valence-electron chi connectivity index (χ2n) is 7.65. The Hall–Kier alpha value is -1.62. The molecule has 0 spiro atoms. The number of thiophene rings is 1. The first kappa shape index (κ1) is 32.6. The average Bonchev–Trinajstić information content (AvgIpc) is 3.08. The van der Waals surface area contributed by atoms with Gasteiger partial charge in [-0.15, -0.1) is 11.3 Å². The number of carbonyl (C=O) groups excluding carboxylic acids is 1. The van der Waals surface area contributed by atoms with E-state index in [2.05, 4.69) is 20.8 Å². The van der Waals surface area contributed by atoms with Crippen LogP contribution in [0.3, 0.4) is 0 Å². The lowest BCUT2D eigenvalue weighted by atomic mass is 10.1. The maximum atomic E-state index is 12.7. The van der Waals surface area contributed by atoms with Gasteiger partial charge in [-0.1, -0.05) is 29.3 Å². The standard InChI is InChI=1S/C19H20BrCl2NO6S2.C2HF3O2/c20-15-16(18(22)30-17(15)21)31(26,27)11-12-2-3-13(14(24)10-12)19(25)29-7-1-4-23-5-8-28-9-6-23;3-2(4,5)1(6)7/h2-3,10,24H,1,4-9,11H2;(H,6,7). The van der Waals surface area contributed by atoms with E-state index in [1.807, 2.05) is 0 Å². The zero-order valence-corrected chi connectivity index (χ0v) is 24.0. The van der Waals surface area contributed by atoms with Gasteiger partial charge in [-0.3, -0.25) is 4.90 Å². The first-order chi connectivity index (χ1) is 17.6. The Balaban J connectivity index is 0.000000638. The summed E-state index contributed by atoms with van der Waals surface area (Å²) in [7, 11) is -3.83. The quantitative estimate of drug-likeness (QED) is 0.291. The normalized spacial score (nSPS) is 14.5. The van der Waals surface area contributed by atoms with Crippen molar-refractivity contribution in [3.05, 3.63) is 42.5 Å². The number of halogens is 6. The number of esters is 1. The molecular formula is C21H21BrCl2F3NO8S2. The molecule has 1 fully saturated rings. The molecule has 9 nitrogen and oxygen atoms in total. The van der Waals surface area contributed by atoms with Gasteiger partial charge in [-0.05, 0) is 40.0 Å². The Bertz CT molecular complexity index is 1250. The summed E-state index contributed by atoms with van der Waals surface area (Å²) in [6.45, 7) is 4.15. The molecule has 0 saturated carbocycles. The molecule has 0 radical (unpaired) electrons. The Kier molecular flexibility index (Phi) is 12.1. The number of ether oxygens (including phenoxy) is 2. The lowest BCUT2D eigenvalue weighted by Gasteiger charge is -2.26. The first-order valence-electron chi connectivity index (χ1n) is 10.6. The van der Waals surface area contributed by atoms with Crippen molar-refractivity contribution in [1.82, 2.24) is 4.90 Å². The summed E-state index contributed by atoms with van der Waals surface area (Å²) in [5.74, 6) is -4.18.